The molecule has 148 valence electrons. The average Bonchev–Trinajstić information content (AvgIpc) is 3.14. The zero-order valence-electron chi connectivity index (χ0n) is 15.7. The van der Waals surface area contributed by atoms with Crippen LogP contribution in [0, 0.1) is 0 Å². The minimum absolute atomic E-state index is 0.163. The van der Waals surface area contributed by atoms with Crippen LogP contribution in [-0.4, -0.2) is 35.1 Å². The van der Waals surface area contributed by atoms with Crippen LogP contribution in [0.15, 0.2) is 45.6 Å². The van der Waals surface area contributed by atoms with Crippen LogP contribution >= 0.6 is 11.3 Å². The van der Waals surface area contributed by atoms with E-state index in [1.165, 1.54) is 11.6 Å². The van der Waals surface area contributed by atoms with E-state index in [4.69, 9.17) is 9.88 Å². The lowest BCUT2D eigenvalue weighted by molar-refractivity contribution is 0.414. The van der Waals surface area contributed by atoms with E-state index >= 15 is 0 Å². The first kappa shape index (κ1) is 21.2. The minimum atomic E-state index is -3.64. The van der Waals surface area contributed by atoms with E-state index in [0.717, 1.165) is 34.9 Å². The molecule has 0 bridgehead atoms. The molecule has 0 saturated carbocycles. The molecule has 2 rings (SSSR count). The van der Waals surface area contributed by atoms with Crippen LogP contribution in [0.4, 0.5) is 0 Å². The molecule has 0 aliphatic heterocycles. The molecule has 0 saturated heterocycles. The summed E-state index contributed by atoms with van der Waals surface area (Å²) in [5.74, 6) is 1.92. The van der Waals surface area contributed by atoms with Gasteiger partial charge in [-0.15, -0.1) is 11.3 Å². The zero-order valence-corrected chi connectivity index (χ0v) is 17.4. The lowest BCUT2D eigenvalue weighted by Gasteiger charge is -2.15. The maximum Gasteiger partial charge on any atom is 0.247 e. The summed E-state index contributed by atoms with van der Waals surface area (Å²) in [5, 5.41) is 11.6. The second-order valence-corrected chi connectivity index (χ2v) is 9.04. The van der Waals surface area contributed by atoms with Gasteiger partial charge in [0.1, 0.15) is 9.96 Å². The van der Waals surface area contributed by atoms with Crippen LogP contribution < -0.4 is 20.5 Å². The Morgan fingerprint density at radius 3 is 2.48 bits per heavy atom. The highest BCUT2D eigenvalue weighted by atomic mass is 32.2. The summed E-state index contributed by atoms with van der Waals surface area (Å²) < 4.78 is 28.0. The zero-order chi connectivity index (χ0) is 19.9. The van der Waals surface area contributed by atoms with Crippen molar-refractivity contribution in [1.82, 2.24) is 10.6 Å². The highest BCUT2D eigenvalue weighted by Gasteiger charge is 2.11. The van der Waals surface area contributed by atoms with E-state index in [1.807, 2.05) is 12.1 Å². The molecule has 1 unspecified atom stereocenters. The number of nitrogens with one attached hydrogen (secondary N) is 2. The lowest BCUT2D eigenvalue weighted by atomic mass is 9.98. The van der Waals surface area contributed by atoms with Crippen molar-refractivity contribution < 1.29 is 13.2 Å². The van der Waals surface area contributed by atoms with Gasteiger partial charge in [0.25, 0.3) is 0 Å². The van der Waals surface area contributed by atoms with E-state index in [9.17, 15) is 8.42 Å². The van der Waals surface area contributed by atoms with Gasteiger partial charge in [0.15, 0.2) is 5.96 Å². The number of primary sulfonamides is 1. The number of aliphatic imine (C=N–C) groups is 1. The summed E-state index contributed by atoms with van der Waals surface area (Å²) in [6.45, 7) is 3.42. The molecular weight excluding hydrogens is 384 g/mol. The summed E-state index contributed by atoms with van der Waals surface area (Å²) >= 11 is 1.15. The largest absolute Gasteiger partial charge is 0.497 e. The number of nitrogens with zero attached hydrogens (tertiary/aromatic N) is 1. The van der Waals surface area contributed by atoms with Crippen molar-refractivity contribution in [3.8, 4) is 5.75 Å². The molecule has 1 heterocycles. The number of hydrogen-bond donors (Lipinski definition) is 3. The number of nitrogens with two attached hydrogens (primary N) is 1. The third-order valence-electron chi connectivity index (χ3n) is 4.13. The number of thiophene rings is 1. The Labute approximate surface area is 164 Å². The van der Waals surface area contributed by atoms with E-state index in [2.05, 4.69) is 34.7 Å². The number of benzene rings is 1. The van der Waals surface area contributed by atoms with Crippen molar-refractivity contribution in [2.45, 2.75) is 30.0 Å². The van der Waals surface area contributed by atoms with Crippen LogP contribution in [0.2, 0.25) is 0 Å². The highest BCUT2D eigenvalue weighted by molar-refractivity contribution is 7.91. The van der Waals surface area contributed by atoms with Gasteiger partial charge >= 0.3 is 0 Å². The molecular formula is C18H26N4O3S2. The molecule has 27 heavy (non-hydrogen) atoms. The summed E-state index contributed by atoms with van der Waals surface area (Å²) in [6.07, 6.45) is 0.946. The fourth-order valence-electron chi connectivity index (χ4n) is 2.50. The second kappa shape index (κ2) is 9.72. The predicted octanol–water partition coefficient (Wildman–Crippen LogP) is 2.26. The molecule has 0 aliphatic carbocycles. The molecule has 0 spiro atoms. The standard InChI is InChI=1S/C18H26N4O3S2/c1-13(14-4-6-15(25-3)7-5-14)10-11-21-18(20-2)22-12-16-8-9-17(26-16)27(19,23)24/h4-9,13H,10-12H2,1-3H3,(H2,19,23,24)(H2,20,21,22). The Balaban J connectivity index is 1.78. The first-order valence-electron chi connectivity index (χ1n) is 8.53. The topological polar surface area (TPSA) is 106 Å². The van der Waals surface area contributed by atoms with Gasteiger partial charge in [-0.25, -0.2) is 13.6 Å². The molecule has 1 atom stereocenters. The molecule has 1 aromatic carbocycles. The van der Waals surface area contributed by atoms with Gasteiger partial charge in [0.05, 0.1) is 13.7 Å². The Bertz CT molecular complexity index is 861. The molecule has 9 heteroatoms. The maximum atomic E-state index is 11.3. The van der Waals surface area contributed by atoms with Crippen molar-refractivity contribution in [2.24, 2.45) is 10.1 Å². The monoisotopic (exact) mass is 410 g/mol. The first-order valence-corrected chi connectivity index (χ1v) is 10.9. The molecule has 7 nitrogen and oxygen atoms in total. The summed E-state index contributed by atoms with van der Waals surface area (Å²) in [6, 6.07) is 11.4. The molecule has 0 fully saturated rings. The van der Waals surface area contributed by atoms with Crippen LogP contribution in [0.5, 0.6) is 5.75 Å². The lowest BCUT2D eigenvalue weighted by Crippen LogP contribution is -2.37. The van der Waals surface area contributed by atoms with Gasteiger partial charge in [-0.2, -0.15) is 0 Å². The Kier molecular flexibility index (Phi) is 7.64. The first-order chi connectivity index (χ1) is 12.8. The van der Waals surface area contributed by atoms with Gasteiger partial charge in [0.2, 0.25) is 10.0 Å². The van der Waals surface area contributed by atoms with Gasteiger partial charge in [-0.1, -0.05) is 19.1 Å². The summed E-state index contributed by atoms with van der Waals surface area (Å²) in [5.41, 5.74) is 1.26. The summed E-state index contributed by atoms with van der Waals surface area (Å²) in [4.78, 5) is 5.06. The minimum Gasteiger partial charge on any atom is -0.497 e. The van der Waals surface area contributed by atoms with Crippen molar-refractivity contribution in [3.05, 3.63) is 46.8 Å². The molecule has 0 amide bonds. The van der Waals surface area contributed by atoms with E-state index in [0.29, 0.717) is 18.4 Å². The number of sulfonamides is 1. The third kappa shape index (κ3) is 6.53. The highest BCUT2D eigenvalue weighted by Crippen LogP contribution is 2.21. The van der Waals surface area contributed by atoms with Crippen LogP contribution in [0.1, 0.15) is 29.7 Å². The molecule has 1 aromatic heterocycles. The van der Waals surface area contributed by atoms with Gasteiger partial charge in [-0.05, 0) is 42.2 Å². The van der Waals surface area contributed by atoms with E-state index < -0.39 is 10.0 Å². The molecule has 0 aliphatic rings. The Hall–Kier alpha value is -2.10. The van der Waals surface area contributed by atoms with Crippen LogP contribution in [0.3, 0.4) is 0 Å². The maximum absolute atomic E-state index is 11.3. The van der Waals surface area contributed by atoms with Gasteiger partial charge < -0.3 is 15.4 Å². The number of methoxy groups -OCH3 is 1. The van der Waals surface area contributed by atoms with Crippen LogP contribution in [0.25, 0.3) is 0 Å². The van der Waals surface area contributed by atoms with Crippen molar-refractivity contribution in [2.75, 3.05) is 20.7 Å². The van der Waals surface area contributed by atoms with E-state index in [1.54, 1.807) is 20.2 Å². The van der Waals surface area contributed by atoms with Crippen molar-refractivity contribution in [3.63, 3.8) is 0 Å². The third-order valence-corrected chi connectivity index (χ3v) is 6.65. The van der Waals surface area contributed by atoms with E-state index in [-0.39, 0.29) is 4.21 Å². The number of rotatable bonds is 8. The predicted molar refractivity (Wildman–Crippen MR) is 110 cm³/mol. The summed E-state index contributed by atoms with van der Waals surface area (Å²) in [7, 11) is -0.283. The molecule has 4 N–H and O–H groups in total. The second-order valence-electron chi connectivity index (χ2n) is 6.08. The smallest absolute Gasteiger partial charge is 0.247 e. The van der Waals surface area contributed by atoms with Crippen LogP contribution in [-0.2, 0) is 16.6 Å². The SMILES string of the molecule is CN=C(NCCC(C)c1ccc(OC)cc1)NCc1ccc(S(N)(=O)=O)s1. The molecule has 0 radical (unpaired) electrons. The normalized spacial score (nSPS) is 13.3. The fourth-order valence-corrected chi connectivity index (χ4v) is 4.22. The number of ether oxygens (including phenoxy) is 1. The Morgan fingerprint density at radius 1 is 1.22 bits per heavy atom. The van der Waals surface area contributed by atoms with Gasteiger partial charge in [-0.3, -0.25) is 4.99 Å². The fraction of sp³-hybridized carbons (Fsp3) is 0.389. The molecule has 2 aromatic rings. The van der Waals surface area contributed by atoms with Gasteiger partial charge in [0, 0.05) is 18.5 Å². The van der Waals surface area contributed by atoms with Crippen molar-refractivity contribution in [1.29, 1.82) is 0 Å². The van der Waals surface area contributed by atoms with Crippen molar-refractivity contribution >= 4 is 27.3 Å². The number of hydrogen-bond acceptors (Lipinski definition) is 5. The Morgan fingerprint density at radius 2 is 1.93 bits per heavy atom. The number of guanidine groups is 1. The average molecular weight is 411 g/mol. The quantitative estimate of drug-likeness (QED) is 0.457.